The SMILES string of the molecule is COc1ccc(C2=CN(Cl)CCCC2)cc1. The van der Waals surface area contributed by atoms with E-state index >= 15 is 0 Å². The third kappa shape index (κ3) is 2.70. The minimum Gasteiger partial charge on any atom is -0.497 e. The van der Waals surface area contributed by atoms with Crippen molar-refractivity contribution < 1.29 is 4.74 Å². The molecule has 0 bridgehead atoms. The summed E-state index contributed by atoms with van der Waals surface area (Å²) in [6.07, 6.45) is 5.48. The van der Waals surface area contributed by atoms with Crippen molar-refractivity contribution in [2.24, 2.45) is 0 Å². The molecule has 1 heterocycles. The average molecular weight is 238 g/mol. The van der Waals surface area contributed by atoms with Gasteiger partial charge in [-0.2, -0.15) is 0 Å². The van der Waals surface area contributed by atoms with E-state index in [4.69, 9.17) is 16.5 Å². The number of hydrogen-bond donors (Lipinski definition) is 0. The van der Waals surface area contributed by atoms with Gasteiger partial charge in [-0.05, 0) is 42.5 Å². The Morgan fingerprint density at radius 1 is 1.19 bits per heavy atom. The molecule has 1 aromatic rings. The molecule has 0 atom stereocenters. The molecule has 0 unspecified atom stereocenters. The monoisotopic (exact) mass is 237 g/mol. The van der Waals surface area contributed by atoms with Gasteiger partial charge in [0.1, 0.15) is 5.75 Å². The first-order chi connectivity index (χ1) is 7.79. The van der Waals surface area contributed by atoms with E-state index in [0.717, 1.165) is 25.1 Å². The largest absolute Gasteiger partial charge is 0.497 e. The fraction of sp³-hybridized carbons (Fsp3) is 0.385. The summed E-state index contributed by atoms with van der Waals surface area (Å²) in [4.78, 5) is 0. The first-order valence-corrected chi connectivity index (χ1v) is 5.91. The third-order valence-electron chi connectivity index (χ3n) is 2.82. The number of methoxy groups -OCH3 is 1. The van der Waals surface area contributed by atoms with E-state index in [1.807, 2.05) is 18.3 Å². The molecule has 0 aromatic heterocycles. The van der Waals surface area contributed by atoms with Gasteiger partial charge in [0, 0.05) is 24.5 Å². The normalized spacial score (nSPS) is 16.6. The van der Waals surface area contributed by atoms with Crippen LogP contribution >= 0.6 is 11.8 Å². The van der Waals surface area contributed by atoms with Crippen molar-refractivity contribution >= 4 is 17.3 Å². The molecule has 0 N–H and O–H groups in total. The number of hydrogen-bond acceptors (Lipinski definition) is 2. The second kappa shape index (κ2) is 5.26. The molecule has 0 radical (unpaired) electrons. The molecule has 1 aliphatic rings. The molecule has 16 heavy (non-hydrogen) atoms. The van der Waals surface area contributed by atoms with Crippen molar-refractivity contribution in [1.82, 2.24) is 4.42 Å². The molecule has 0 saturated heterocycles. The van der Waals surface area contributed by atoms with Crippen LogP contribution in [-0.4, -0.2) is 18.1 Å². The second-order valence-electron chi connectivity index (χ2n) is 3.96. The van der Waals surface area contributed by atoms with Gasteiger partial charge in [-0.25, -0.2) is 0 Å². The van der Waals surface area contributed by atoms with Crippen LogP contribution in [0.1, 0.15) is 24.8 Å². The maximum Gasteiger partial charge on any atom is 0.118 e. The van der Waals surface area contributed by atoms with Crippen LogP contribution in [0.25, 0.3) is 5.57 Å². The molecule has 1 aromatic carbocycles. The van der Waals surface area contributed by atoms with Crippen LogP contribution in [-0.2, 0) is 0 Å². The predicted molar refractivity (Wildman–Crippen MR) is 67.4 cm³/mol. The Labute approximate surface area is 102 Å². The van der Waals surface area contributed by atoms with E-state index in [2.05, 4.69) is 12.1 Å². The molecule has 2 nitrogen and oxygen atoms in total. The highest BCUT2D eigenvalue weighted by atomic mass is 35.5. The molecule has 3 heteroatoms. The zero-order chi connectivity index (χ0) is 11.4. The number of rotatable bonds is 2. The molecule has 0 spiro atoms. The first-order valence-electron chi connectivity index (χ1n) is 5.57. The van der Waals surface area contributed by atoms with E-state index < -0.39 is 0 Å². The zero-order valence-corrected chi connectivity index (χ0v) is 10.2. The average Bonchev–Trinajstić information content (AvgIpc) is 2.54. The Bertz CT molecular complexity index is 372. The minimum absolute atomic E-state index is 0.890. The van der Waals surface area contributed by atoms with E-state index in [9.17, 15) is 0 Å². The highest BCUT2D eigenvalue weighted by molar-refractivity contribution is 6.14. The summed E-state index contributed by atoms with van der Waals surface area (Å²) >= 11 is 6.06. The number of nitrogens with zero attached hydrogens (tertiary/aromatic N) is 1. The fourth-order valence-corrected chi connectivity index (χ4v) is 2.14. The summed E-state index contributed by atoms with van der Waals surface area (Å²) in [6.45, 7) is 0.932. The molecule has 0 saturated carbocycles. The molecular weight excluding hydrogens is 222 g/mol. The molecule has 86 valence electrons. The third-order valence-corrected chi connectivity index (χ3v) is 3.09. The van der Waals surface area contributed by atoms with Crippen molar-refractivity contribution in [2.45, 2.75) is 19.3 Å². The smallest absolute Gasteiger partial charge is 0.118 e. The molecule has 1 aliphatic heterocycles. The Balaban J connectivity index is 2.21. The van der Waals surface area contributed by atoms with Gasteiger partial charge in [0.25, 0.3) is 0 Å². The summed E-state index contributed by atoms with van der Waals surface area (Å²) in [6, 6.07) is 8.14. The van der Waals surface area contributed by atoms with Crippen LogP contribution in [0, 0.1) is 0 Å². The number of halogens is 1. The Morgan fingerprint density at radius 2 is 1.94 bits per heavy atom. The Morgan fingerprint density at radius 3 is 2.62 bits per heavy atom. The predicted octanol–water partition coefficient (Wildman–Crippen LogP) is 3.68. The van der Waals surface area contributed by atoms with Gasteiger partial charge >= 0.3 is 0 Å². The maximum absolute atomic E-state index is 6.06. The van der Waals surface area contributed by atoms with Crippen molar-refractivity contribution in [3.05, 3.63) is 36.0 Å². The van der Waals surface area contributed by atoms with E-state index in [1.165, 1.54) is 17.6 Å². The molecule has 0 amide bonds. The van der Waals surface area contributed by atoms with Crippen LogP contribution in [0.2, 0.25) is 0 Å². The van der Waals surface area contributed by atoms with Gasteiger partial charge < -0.3 is 4.74 Å². The van der Waals surface area contributed by atoms with Crippen molar-refractivity contribution in [1.29, 1.82) is 0 Å². The molecule has 0 fully saturated rings. The fourth-order valence-electron chi connectivity index (χ4n) is 1.90. The molecule has 0 aliphatic carbocycles. The second-order valence-corrected chi connectivity index (χ2v) is 4.40. The van der Waals surface area contributed by atoms with E-state index in [0.29, 0.717) is 0 Å². The van der Waals surface area contributed by atoms with Crippen LogP contribution in [0.4, 0.5) is 0 Å². The zero-order valence-electron chi connectivity index (χ0n) is 9.45. The number of ether oxygens (including phenoxy) is 1. The van der Waals surface area contributed by atoms with Gasteiger partial charge in [-0.15, -0.1) is 0 Å². The van der Waals surface area contributed by atoms with Gasteiger partial charge in [0.15, 0.2) is 0 Å². The van der Waals surface area contributed by atoms with Gasteiger partial charge in [0.2, 0.25) is 0 Å². The summed E-state index contributed by atoms with van der Waals surface area (Å²) in [5, 5.41) is 0. The highest BCUT2D eigenvalue weighted by Gasteiger charge is 2.08. The van der Waals surface area contributed by atoms with Gasteiger partial charge in [-0.1, -0.05) is 12.1 Å². The summed E-state index contributed by atoms with van der Waals surface area (Å²) in [7, 11) is 1.68. The van der Waals surface area contributed by atoms with Gasteiger partial charge in [-0.3, -0.25) is 4.42 Å². The molecular formula is C13H16ClNO. The summed E-state index contributed by atoms with van der Waals surface area (Å²) in [5.41, 5.74) is 2.53. The highest BCUT2D eigenvalue weighted by Crippen LogP contribution is 2.26. The standard InChI is InChI=1S/C13H16ClNO/c1-16-13-7-5-11(6-8-13)12-4-2-3-9-15(14)10-12/h5-8,10H,2-4,9H2,1H3. The number of benzene rings is 1. The Kier molecular flexibility index (Phi) is 3.73. The minimum atomic E-state index is 0.890. The molecule has 2 rings (SSSR count). The van der Waals surface area contributed by atoms with Crippen molar-refractivity contribution in [3.63, 3.8) is 0 Å². The Hall–Kier alpha value is -1.15. The quantitative estimate of drug-likeness (QED) is 0.728. The summed E-state index contributed by atoms with van der Waals surface area (Å²) < 4.78 is 6.90. The van der Waals surface area contributed by atoms with Gasteiger partial charge in [0.05, 0.1) is 7.11 Å². The lowest BCUT2D eigenvalue weighted by Gasteiger charge is -2.09. The topological polar surface area (TPSA) is 12.5 Å². The number of allylic oxidation sites excluding steroid dienone is 1. The van der Waals surface area contributed by atoms with Crippen LogP contribution < -0.4 is 4.74 Å². The lowest BCUT2D eigenvalue weighted by Crippen LogP contribution is -2.03. The lowest BCUT2D eigenvalue weighted by atomic mass is 10.0. The summed E-state index contributed by atoms with van der Waals surface area (Å²) in [5.74, 6) is 0.890. The van der Waals surface area contributed by atoms with Crippen LogP contribution in [0.5, 0.6) is 5.75 Å². The lowest BCUT2D eigenvalue weighted by molar-refractivity contribution is 0.415. The van der Waals surface area contributed by atoms with Crippen molar-refractivity contribution in [3.8, 4) is 5.75 Å². The van der Waals surface area contributed by atoms with E-state index in [-0.39, 0.29) is 0 Å². The van der Waals surface area contributed by atoms with Crippen molar-refractivity contribution in [2.75, 3.05) is 13.7 Å². The first kappa shape index (κ1) is 11.3. The van der Waals surface area contributed by atoms with E-state index in [1.54, 1.807) is 11.5 Å². The maximum atomic E-state index is 6.06. The van der Waals surface area contributed by atoms with Crippen LogP contribution in [0.15, 0.2) is 30.5 Å². The van der Waals surface area contributed by atoms with Crippen LogP contribution in [0.3, 0.4) is 0 Å².